The van der Waals surface area contributed by atoms with Crippen LogP contribution in [0.2, 0.25) is 0 Å². The van der Waals surface area contributed by atoms with E-state index >= 15 is 0 Å². The van der Waals surface area contributed by atoms with E-state index in [1.165, 1.54) is 0 Å². The van der Waals surface area contributed by atoms with Crippen LogP contribution in [0.3, 0.4) is 0 Å². The zero-order valence-corrected chi connectivity index (χ0v) is 11.4. The van der Waals surface area contributed by atoms with Crippen LogP contribution in [0.5, 0.6) is 0 Å². The van der Waals surface area contributed by atoms with Crippen LogP contribution in [0.4, 0.5) is 0 Å². The predicted octanol–water partition coefficient (Wildman–Crippen LogP) is 3.16. The van der Waals surface area contributed by atoms with E-state index in [0.29, 0.717) is 12.4 Å². The Morgan fingerprint density at radius 2 is 2.26 bits per heavy atom. The summed E-state index contributed by atoms with van der Waals surface area (Å²) in [4.78, 5) is 9.10. The van der Waals surface area contributed by atoms with E-state index in [2.05, 4.69) is 14.5 Å². The Bertz CT molecular complexity index is 688. The summed E-state index contributed by atoms with van der Waals surface area (Å²) in [6.07, 6.45) is 4.20. The van der Waals surface area contributed by atoms with Gasteiger partial charge < -0.3 is 8.98 Å². The fraction of sp³-hybridized carbons (Fsp3) is 0.286. The molecule has 0 spiro atoms. The molecule has 0 atom stereocenters. The summed E-state index contributed by atoms with van der Waals surface area (Å²) in [6.45, 7) is 2.67. The first-order chi connectivity index (χ1) is 9.29. The van der Waals surface area contributed by atoms with E-state index in [0.717, 1.165) is 34.7 Å². The Labute approximate surface area is 116 Å². The fourth-order valence-corrected chi connectivity index (χ4v) is 2.35. The SMILES string of the molecule is Cc1ccnc2c1nc(CCCl)n2Cc1ccco1. The highest BCUT2D eigenvalue weighted by molar-refractivity contribution is 6.17. The van der Waals surface area contributed by atoms with Gasteiger partial charge in [0.1, 0.15) is 17.1 Å². The number of halogens is 1. The van der Waals surface area contributed by atoms with Gasteiger partial charge in [-0.05, 0) is 30.7 Å². The molecule has 0 N–H and O–H groups in total. The lowest BCUT2D eigenvalue weighted by Gasteiger charge is -2.05. The minimum Gasteiger partial charge on any atom is -0.467 e. The van der Waals surface area contributed by atoms with Gasteiger partial charge in [-0.25, -0.2) is 9.97 Å². The number of fused-ring (bicyclic) bond motifs is 1. The van der Waals surface area contributed by atoms with Gasteiger partial charge in [0.2, 0.25) is 0 Å². The molecular formula is C14H14ClN3O. The second-order valence-electron chi connectivity index (χ2n) is 4.43. The number of imidazole rings is 1. The smallest absolute Gasteiger partial charge is 0.160 e. The van der Waals surface area contributed by atoms with Crippen molar-refractivity contribution in [1.29, 1.82) is 0 Å². The molecule has 0 aromatic carbocycles. The Morgan fingerprint density at radius 1 is 1.37 bits per heavy atom. The molecule has 0 unspecified atom stereocenters. The maximum absolute atomic E-state index is 5.86. The molecule has 0 amide bonds. The van der Waals surface area contributed by atoms with Crippen molar-refractivity contribution in [1.82, 2.24) is 14.5 Å². The summed E-state index contributed by atoms with van der Waals surface area (Å²) in [5.74, 6) is 2.38. The van der Waals surface area contributed by atoms with Crippen molar-refractivity contribution in [2.45, 2.75) is 19.9 Å². The Hall–Kier alpha value is -1.81. The highest BCUT2D eigenvalue weighted by Gasteiger charge is 2.14. The molecule has 98 valence electrons. The van der Waals surface area contributed by atoms with Crippen LogP contribution in [0.1, 0.15) is 17.1 Å². The van der Waals surface area contributed by atoms with Crippen molar-refractivity contribution >= 4 is 22.8 Å². The lowest BCUT2D eigenvalue weighted by molar-refractivity contribution is 0.491. The molecular weight excluding hydrogens is 262 g/mol. The van der Waals surface area contributed by atoms with Crippen molar-refractivity contribution in [2.24, 2.45) is 0 Å². The first-order valence-corrected chi connectivity index (χ1v) is 6.72. The summed E-state index contributed by atoms with van der Waals surface area (Å²) in [5.41, 5.74) is 2.95. The first kappa shape index (κ1) is 12.2. The van der Waals surface area contributed by atoms with E-state index in [1.54, 1.807) is 6.26 Å². The molecule has 0 radical (unpaired) electrons. The quantitative estimate of drug-likeness (QED) is 0.687. The second-order valence-corrected chi connectivity index (χ2v) is 4.81. The van der Waals surface area contributed by atoms with Crippen LogP contribution in [-0.4, -0.2) is 20.4 Å². The second kappa shape index (κ2) is 5.05. The summed E-state index contributed by atoms with van der Waals surface area (Å²) < 4.78 is 7.48. The van der Waals surface area contributed by atoms with Gasteiger partial charge in [0.25, 0.3) is 0 Å². The van der Waals surface area contributed by atoms with Gasteiger partial charge in [-0.2, -0.15) is 0 Å². The van der Waals surface area contributed by atoms with Crippen molar-refractivity contribution in [3.8, 4) is 0 Å². The van der Waals surface area contributed by atoms with E-state index in [9.17, 15) is 0 Å². The van der Waals surface area contributed by atoms with Crippen LogP contribution < -0.4 is 0 Å². The minimum atomic E-state index is 0.542. The van der Waals surface area contributed by atoms with E-state index in [4.69, 9.17) is 16.0 Å². The average Bonchev–Trinajstić information content (AvgIpc) is 3.01. The molecule has 3 aromatic rings. The van der Waals surface area contributed by atoms with Gasteiger partial charge in [0.05, 0.1) is 12.8 Å². The van der Waals surface area contributed by atoms with Gasteiger partial charge in [0.15, 0.2) is 5.65 Å². The molecule has 3 rings (SSSR count). The summed E-state index contributed by atoms with van der Waals surface area (Å²) >= 11 is 5.86. The summed E-state index contributed by atoms with van der Waals surface area (Å²) in [5, 5.41) is 0. The third kappa shape index (κ3) is 2.24. The molecule has 4 nitrogen and oxygen atoms in total. The van der Waals surface area contributed by atoms with Crippen LogP contribution in [0, 0.1) is 6.92 Å². The maximum Gasteiger partial charge on any atom is 0.160 e. The number of aryl methyl sites for hydroxylation is 2. The van der Waals surface area contributed by atoms with Gasteiger partial charge in [-0.3, -0.25) is 0 Å². The number of hydrogen-bond acceptors (Lipinski definition) is 3. The molecule has 0 saturated heterocycles. The number of rotatable bonds is 4. The molecule has 0 bridgehead atoms. The molecule has 0 aliphatic rings. The highest BCUT2D eigenvalue weighted by Crippen LogP contribution is 2.19. The van der Waals surface area contributed by atoms with Crippen LogP contribution >= 0.6 is 11.6 Å². The van der Waals surface area contributed by atoms with Gasteiger partial charge in [-0.1, -0.05) is 0 Å². The minimum absolute atomic E-state index is 0.542. The first-order valence-electron chi connectivity index (χ1n) is 6.18. The Balaban J connectivity index is 2.13. The highest BCUT2D eigenvalue weighted by atomic mass is 35.5. The summed E-state index contributed by atoms with van der Waals surface area (Å²) in [7, 11) is 0. The molecule has 0 fully saturated rings. The van der Waals surface area contributed by atoms with Crippen molar-refractivity contribution in [2.75, 3.05) is 5.88 Å². The lowest BCUT2D eigenvalue weighted by Crippen LogP contribution is -2.06. The van der Waals surface area contributed by atoms with Crippen LogP contribution in [-0.2, 0) is 13.0 Å². The molecule has 5 heteroatoms. The van der Waals surface area contributed by atoms with Crippen LogP contribution in [0.25, 0.3) is 11.2 Å². The molecule has 19 heavy (non-hydrogen) atoms. The van der Waals surface area contributed by atoms with E-state index in [1.807, 2.05) is 31.3 Å². The van der Waals surface area contributed by atoms with Gasteiger partial charge in [0, 0.05) is 18.5 Å². The molecule has 0 aliphatic heterocycles. The monoisotopic (exact) mass is 275 g/mol. The topological polar surface area (TPSA) is 43.9 Å². The fourth-order valence-electron chi connectivity index (χ4n) is 2.18. The lowest BCUT2D eigenvalue weighted by atomic mass is 10.3. The standard InChI is InChI=1S/C14H14ClN3O/c1-10-5-7-16-14-13(10)17-12(4-6-15)18(14)9-11-3-2-8-19-11/h2-3,5,7-8H,4,6,9H2,1H3. The molecule has 3 heterocycles. The molecule has 3 aromatic heterocycles. The Kier molecular flexibility index (Phi) is 3.25. The van der Waals surface area contributed by atoms with E-state index < -0.39 is 0 Å². The predicted molar refractivity (Wildman–Crippen MR) is 74.5 cm³/mol. The largest absolute Gasteiger partial charge is 0.467 e. The average molecular weight is 276 g/mol. The molecule has 0 aliphatic carbocycles. The zero-order chi connectivity index (χ0) is 13.2. The number of pyridine rings is 1. The van der Waals surface area contributed by atoms with Crippen molar-refractivity contribution in [3.63, 3.8) is 0 Å². The normalized spacial score (nSPS) is 11.3. The Morgan fingerprint density at radius 3 is 3.00 bits per heavy atom. The van der Waals surface area contributed by atoms with E-state index in [-0.39, 0.29) is 0 Å². The number of hydrogen-bond donors (Lipinski definition) is 0. The third-order valence-corrected chi connectivity index (χ3v) is 3.32. The number of furan rings is 1. The zero-order valence-electron chi connectivity index (χ0n) is 10.6. The number of aromatic nitrogens is 3. The third-order valence-electron chi connectivity index (χ3n) is 3.13. The molecule has 0 saturated carbocycles. The maximum atomic E-state index is 5.86. The number of alkyl halides is 1. The van der Waals surface area contributed by atoms with Crippen LogP contribution in [0.15, 0.2) is 35.1 Å². The van der Waals surface area contributed by atoms with Gasteiger partial charge in [-0.15, -0.1) is 11.6 Å². The number of nitrogens with zero attached hydrogens (tertiary/aromatic N) is 3. The van der Waals surface area contributed by atoms with Gasteiger partial charge >= 0.3 is 0 Å². The summed E-state index contributed by atoms with van der Waals surface area (Å²) in [6, 6.07) is 5.80. The van der Waals surface area contributed by atoms with Crippen molar-refractivity contribution in [3.05, 3.63) is 47.8 Å². The van der Waals surface area contributed by atoms with Crippen molar-refractivity contribution < 1.29 is 4.42 Å².